The zero-order valence-electron chi connectivity index (χ0n) is 9.25. The molecule has 0 saturated heterocycles. The summed E-state index contributed by atoms with van der Waals surface area (Å²) in [4.78, 5) is 11.4. The Morgan fingerprint density at radius 2 is 2.13 bits per heavy atom. The number of carbonyl (C=O) groups is 1. The SMILES string of the molecule is CCCc1ccc(C(=O)OCC)cc1N. The fourth-order valence-electron chi connectivity index (χ4n) is 1.43. The van der Waals surface area contributed by atoms with Gasteiger partial charge in [-0.2, -0.15) is 0 Å². The maximum absolute atomic E-state index is 11.4. The molecular weight excluding hydrogens is 190 g/mol. The van der Waals surface area contributed by atoms with E-state index < -0.39 is 0 Å². The molecule has 0 aliphatic carbocycles. The van der Waals surface area contributed by atoms with Gasteiger partial charge in [-0.25, -0.2) is 4.79 Å². The average molecular weight is 207 g/mol. The minimum Gasteiger partial charge on any atom is -0.462 e. The minimum absolute atomic E-state index is 0.313. The molecular formula is C12H17NO2. The van der Waals surface area contributed by atoms with Gasteiger partial charge in [0.1, 0.15) is 0 Å². The molecule has 0 aromatic heterocycles. The summed E-state index contributed by atoms with van der Waals surface area (Å²) >= 11 is 0. The Morgan fingerprint density at radius 1 is 1.40 bits per heavy atom. The highest BCUT2D eigenvalue weighted by atomic mass is 16.5. The van der Waals surface area contributed by atoms with Crippen molar-refractivity contribution < 1.29 is 9.53 Å². The molecule has 2 N–H and O–H groups in total. The lowest BCUT2D eigenvalue weighted by Gasteiger charge is -2.06. The van der Waals surface area contributed by atoms with Gasteiger partial charge in [-0.15, -0.1) is 0 Å². The number of rotatable bonds is 4. The summed E-state index contributed by atoms with van der Waals surface area (Å²) in [6.07, 6.45) is 1.98. The van der Waals surface area contributed by atoms with Crippen LogP contribution in [0.15, 0.2) is 18.2 Å². The van der Waals surface area contributed by atoms with E-state index in [-0.39, 0.29) is 5.97 Å². The highest BCUT2D eigenvalue weighted by Gasteiger charge is 2.08. The molecule has 0 fully saturated rings. The van der Waals surface area contributed by atoms with Gasteiger partial charge in [0.25, 0.3) is 0 Å². The van der Waals surface area contributed by atoms with Crippen molar-refractivity contribution in [2.75, 3.05) is 12.3 Å². The first kappa shape index (κ1) is 11.6. The van der Waals surface area contributed by atoms with Crippen LogP contribution in [0, 0.1) is 0 Å². The molecule has 0 bridgehead atoms. The van der Waals surface area contributed by atoms with Crippen molar-refractivity contribution in [1.82, 2.24) is 0 Å². The molecule has 3 nitrogen and oxygen atoms in total. The highest BCUT2D eigenvalue weighted by molar-refractivity contribution is 5.90. The van der Waals surface area contributed by atoms with Crippen molar-refractivity contribution in [3.63, 3.8) is 0 Å². The third kappa shape index (κ3) is 2.98. The van der Waals surface area contributed by atoms with E-state index in [0.29, 0.717) is 17.9 Å². The van der Waals surface area contributed by atoms with Crippen LogP contribution in [0.5, 0.6) is 0 Å². The Kier molecular flexibility index (Phi) is 4.16. The number of nitrogens with two attached hydrogens (primary N) is 1. The molecule has 15 heavy (non-hydrogen) atoms. The lowest BCUT2D eigenvalue weighted by Crippen LogP contribution is -2.06. The Labute approximate surface area is 90.2 Å². The summed E-state index contributed by atoms with van der Waals surface area (Å²) in [7, 11) is 0. The van der Waals surface area contributed by atoms with Gasteiger partial charge in [0.05, 0.1) is 12.2 Å². The zero-order valence-corrected chi connectivity index (χ0v) is 9.25. The molecule has 3 heteroatoms. The number of esters is 1. The summed E-state index contributed by atoms with van der Waals surface area (Å²) < 4.78 is 4.89. The van der Waals surface area contributed by atoms with Crippen LogP contribution < -0.4 is 5.73 Å². The van der Waals surface area contributed by atoms with Crippen LogP contribution in [0.2, 0.25) is 0 Å². The standard InChI is InChI=1S/C12H17NO2/c1-3-5-9-6-7-10(8-11(9)13)12(14)15-4-2/h6-8H,3-5,13H2,1-2H3. The van der Waals surface area contributed by atoms with Gasteiger partial charge in [0.15, 0.2) is 0 Å². The van der Waals surface area contributed by atoms with Crippen molar-refractivity contribution in [2.45, 2.75) is 26.7 Å². The summed E-state index contributed by atoms with van der Waals surface area (Å²) in [5.41, 5.74) is 8.11. The number of carbonyl (C=O) groups excluding carboxylic acids is 1. The number of hydrogen-bond acceptors (Lipinski definition) is 3. The molecule has 0 unspecified atom stereocenters. The molecule has 0 radical (unpaired) electrons. The number of nitrogen functional groups attached to an aromatic ring is 1. The van der Waals surface area contributed by atoms with Gasteiger partial charge in [-0.05, 0) is 31.0 Å². The first-order valence-electron chi connectivity index (χ1n) is 5.24. The van der Waals surface area contributed by atoms with Crippen molar-refractivity contribution in [2.24, 2.45) is 0 Å². The lowest BCUT2D eigenvalue weighted by molar-refractivity contribution is 0.0526. The van der Waals surface area contributed by atoms with E-state index in [1.54, 1.807) is 19.1 Å². The van der Waals surface area contributed by atoms with Crippen molar-refractivity contribution in [3.8, 4) is 0 Å². The highest BCUT2D eigenvalue weighted by Crippen LogP contribution is 2.16. The molecule has 0 amide bonds. The molecule has 0 spiro atoms. The maximum atomic E-state index is 11.4. The fourth-order valence-corrected chi connectivity index (χ4v) is 1.43. The molecule has 1 rings (SSSR count). The molecule has 1 aromatic carbocycles. The van der Waals surface area contributed by atoms with E-state index in [0.717, 1.165) is 18.4 Å². The summed E-state index contributed by atoms with van der Waals surface area (Å²) in [6, 6.07) is 5.34. The van der Waals surface area contributed by atoms with Crippen LogP contribution in [-0.4, -0.2) is 12.6 Å². The van der Waals surface area contributed by atoms with Gasteiger partial charge in [0, 0.05) is 5.69 Å². The molecule has 1 aromatic rings. The first-order valence-corrected chi connectivity index (χ1v) is 5.24. The average Bonchev–Trinajstić information content (AvgIpc) is 2.21. The number of ether oxygens (including phenoxy) is 1. The lowest BCUT2D eigenvalue weighted by atomic mass is 10.1. The fraction of sp³-hybridized carbons (Fsp3) is 0.417. The van der Waals surface area contributed by atoms with Gasteiger partial charge < -0.3 is 10.5 Å². The third-order valence-corrected chi connectivity index (χ3v) is 2.18. The van der Waals surface area contributed by atoms with Crippen molar-refractivity contribution in [3.05, 3.63) is 29.3 Å². The van der Waals surface area contributed by atoms with Crippen LogP contribution in [0.4, 0.5) is 5.69 Å². The second-order valence-electron chi connectivity index (χ2n) is 3.38. The van der Waals surface area contributed by atoms with Crippen LogP contribution in [0.1, 0.15) is 36.2 Å². The Hall–Kier alpha value is -1.51. The van der Waals surface area contributed by atoms with Crippen LogP contribution in [0.25, 0.3) is 0 Å². The quantitative estimate of drug-likeness (QED) is 0.609. The Bertz CT molecular complexity index is 347. The predicted molar refractivity (Wildman–Crippen MR) is 60.8 cm³/mol. The zero-order chi connectivity index (χ0) is 11.3. The first-order chi connectivity index (χ1) is 7.19. The number of aryl methyl sites for hydroxylation is 1. The van der Waals surface area contributed by atoms with E-state index in [1.165, 1.54) is 0 Å². The van der Waals surface area contributed by atoms with E-state index in [4.69, 9.17) is 10.5 Å². The predicted octanol–water partition coefficient (Wildman–Crippen LogP) is 2.40. The Balaban J connectivity index is 2.86. The van der Waals surface area contributed by atoms with E-state index >= 15 is 0 Å². The molecule has 0 aliphatic rings. The van der Waals surface area contributed by atoms with Gasteiger partial charge in [-0.3, -0.25) is 0 Å². The summed E-state index contributed by atoms with van der Waals surface area (Å²) in [5.74, 6) is -0.313. The van der Waals surface area contributed by atoms with E-state index in [2.05, 4.69) is 6.92 Å². The van der Waals surface area contributed by atoms with Crippen LogP contribution in [0.3, 0.4) is 0 Å². The molecule has 0 atom stereocenters. The minimum atomic E-state index is -0.313. The molecule has 0 heterocycles. The summed E-state index contributed by atoms with van der Waals surface area (Å²) in [5, 5.41) is 0. The summed E-state index contributed by atoms with van der Waals surface area (Å²) in [6.45, 7) is 4.26. The molecule has 0 aliphatic heterocycles. The number of benzene rings is 1. The molecule has 0 saturated carbocycles. The maximum Gasteiger partial charge on any atom is 0.338 e. The van der Waals surface area contributed by atoms with E-state index in [1.807, 2.05) is 6.07 Å². The van der Waals surface area contributed by atoms with E-state index in [9.17, 15) is 4.79 Å². The second kappa shape index (κ2) is 5.39. The van der Waals surface area contributed by atoms with Crippen LogP contribution >= 0.6 is 0 Å². The number of anilines is 1. The van der Waals surface area contributed by atoms with Gasteiger partial charge in [-0.1, -0.05) is 19.4 Å². The third-order valence-electron chi connectivity index (χ3n) is 2.18. The van der Waals surface area contributed by atoms with Gasteiger partial charge >= 0.3 is 5.97 Å². The molecule has 82 valence electrons. The van der Waals surface area contributed by atoms with Crippen LogP contribution in [-0.2, 0) is 11.2 Å². The van der Waals surface area contributed by atoms with Crippen molar-refractivity contribution in [1.29, 1.82) is 0 Å². The largest absolute Gasteiger partial charge is 0.462 e. The van der Waals surface area contributed by atoms with Gasteiger partial charge in [0.2, 0.25) is 0 Å². The second-order valence-corrected chi connectivity index (χ2v) is 3.38. The smallest absolute Gasteiger partial charge is 0.338 e. The van der Waals surface area contributed by atoms with Crippen molar-refractivity contribution >= 4 is 11.7 Å². The normalized spacial score (nSPS) is 10.0. The topological polar surface area (TPSA) is 52.3 Å². The monoisotopic (exact) mass is 207 g/mol. The number of hydrogen-bond donors (Lipinski definition) is 1. The Morgan fingerprint density at radius 3 is 2.67 bits per heavy atom.